The number of thioether (sulfide) groups is 1. The van der Waals surface area contributed by atoms with E-state index in [1.165, 1.54) is 46.8 Å². The van der Waals surface area contributed by atoms with Gasteiger partial charge in [0, 0.05) is 21.5 Å². The van der Waals surface area contributed by atoms with Gasteiger partial charge in [-0.25, -0.2) is 14.2 Å². The molecule has 128 valence electrons. The minimum atomic E-state index is -1.13. The van der Waals surface area contributed by atoms with E-state index < -0.39 is 11.8 Å². The van der Waals surface area contributed by atoms with E-state index in [1.807, 2.05) is 0 Å². The van der Waals surface area contributed by atoms with Crippen LogP contribution in [0, 0.1) is 5.82 Å². The fourth-order valence-electron chi connectivity index (χ4n) is 2.23. The largest absolute Gasteiger partial charge is 0.477 e. The Morgan fingerprint density at radius 2 is 1.80 bits per heavy atom. The van der Waals surface area contributed by atoms with Gasteiger partial charge < -0.3 is 5.11 Å². The Bertz CT molecular complexity index is 909. The Kier molecular flexibility index (Phi) is 5.32. The first kappa shape index (κ1) is 17.8. The first-order chi connectivity index (χ1) is 12.0. The minimum absolute atomic E-state index is 0.0145. The number of carboxylic acids is 1. The van der Waals surface area contributed by atoms with E-state index in [9.17, 15) is 14.3 Å². The maximum Gasteiger partial charge on any atom is 0.354 e. The van der Waals surface area contributed by atoms with Crippen LogP contribution in [0.3, 0.4) is 0 Å². The molecular weight excluding hydrogens is 386 g/mol. The number of halogens is 3. The van der Waals surface area contributed by atoms with Crippen LogP contribution in [0.2, 0.25) is 10.0 Å². The predicted molar refractivity (Wildman–Crippen MR) is 96.5 cm³/mol. The number of carbonyl (C=O) groups is 1. The Morgan fingerprint density at radius 1 is 1.16 bits per heavy atom. The van der Waals surface area contributed by atoms with E-state index in [0.717, 1.165) is 5.56 Å². The third kappa shape index (κ3) is 3.81. The molecule has 0 amide bonds. The molecule has 0 atom stereocenters. The number of aromatic carboxylic acids is 1. The van der Waals surface area contributed by atoms with Gasteiger partial charge in [0.05, 0.1) is 6.20 Å². The van der Waals surface area contributed by atoms with Gasteiger partial charge in [-0.3, -0.25) is 4.57 Å². The average molecular weight is 397 g/mol. The van der Waals surface area contributed by atoms with Gasteiger partial charge in [0.1, 0.15) is 5.82 Å². The quantitative estimate of drug-likeness (QED) is 0.593. The van der Waals surface area contributed by atoms with Gasteiger partial charge in [-0.2, -0.15) is 0 Å². The van der Waals surface area contributed by atoms with Crippen LogP contribution in [0.5, 0.6) is 0 Å². The molecule has 1 aromatic heterocycles. The Labute approximate surface area is 157 Å². The van der Waals surface area contributed by atoms with Gasteiger partial charge >= 0.3 is 5.97 Å². The molecule has 0 saturated heterocycles. The van der Waals surface area contributed by atoms with Crippen molar-refractivity contribution in [2.24, 2.45) is 0 Å². The van der Waals surface area contributed by atoms with Crippen molar-refractivity contribution in [3.8, 4) is 5.69 Å². The highest BCUT2D eigenvalue weighted by molar-refractivity contribution is 7.98. The number of carboxylic acid groups (broad SMARTS) is 1. The Morgan fingerprint density at radius 3 is 2.40 bits per heavy atom. The maximum absolute atomic E-state index is 13.2. The summed E-state index contributed by atoms with van der Waals surface area (Å²) >= 11 is 13.6. The molecule has 0 saturated carbocycles. The molecule has 0 aliphatic rings. The van der Waals surface area contributed by atoms with Crippen LogP contribution in [-0.2, 0) is 5.75 Å². The smallest absolute Gasteiger partial charge is 0.354 e. The summed E-state index contributed by atoms with van der Waals surface area (Å²) in [6, 6.07) is 10.7. The molecule has 8 heteroatoms. The maximum atomic E-state index is 13.2. The van der Waals surface area contributed by atoms with Gasteiger partial charge in [-0.05, 0) is 42.0 Å². The number of rotatable bonds is 5. The van der Waals surface area contributed by atoms with Crippen LogP contribution in [-0.4, -0.2) is 20.6 Å². The standard InChI is InChI=1S/C17H11Cl2FN2O2S/c18-13-2-1-3-14(19)12(13)9-25-17-21-8-15(16(23)24)22(17)11-6-4-10(20)5-7-11/h1-8H,9H2,(H,23,24). The summed E-state index contributed by atoms with van der Waals surface area (Å²) in [6.45, 7) is 0. The first-order valence-corrected chi connectivity index (χ1v) is 8.84. The number of aromatic nitrogens is 2. The normalized spacial score (nSPS) is 10.8. The third-order valence-corrected chi connectivity index (χ3v) is 5.13. The van der Waals surface area contributed by atoms with Crippen LogP contribution >= 0.6 is 35.0 Å². The van der Waals surface area contributed by atoms with Gasteiger partial charge in [-0.1, -0.05) is 41.0 Å². The summed E-state index contributed by atoms with van der Waals surface area (Å²) in [6.07, 6.45) is 1.27. The van der Waals surface area contributed by atoms with Crippen molar-refractivity contribution in [2.75, 3.05) is 0 Å². The fraction of sp³-hybridized carbons (Fsp3) is 0.0588. The SMILES string of the molecule is O=C(O)c1cnc(SCc2c(Cl)cccc2Cl)n1-c1ccc(F)cc1. The molecule has 25 heavy (non-hydrogen) atoms. The molecule has 0 aliphatic carbocycles. The second-order valence-electron chi connectivity index (χ2n) is 5.03. The van der Waals surface area contributed by atoms with Gasteiger partial charge in [-0.15, -0.1) is 0 Å². The fourth-order valence-corrected chi connectivity index (χ4v) is 3.97. The van der Waals surface area contributed by atoms with E-state index in [0.29, 0.717) is 26.6 Å². The van der Waals surface area contributed by atoms with Gasteiger partial charge in [0.15, 0.2) is 10.9 Å². The zero-order valence-electron chi connectivity index (χ0n) is 12.6. The number of imidazole rings is 1. The summed E-state index contributed by atoms with van der Waals surface area (Å²) in [5.74, 6) is -1.12. The van der Waals surface area contributed by atoms with E-state index in [-0.39, 0.29) is 5.69 Å². The zero-order chi connectivity index (χ0) is 18.0. The highest BCUT2D eigenvalue weighted by Gasteiger charge is 2.18. The lowest BCUT2D eigenvalue weighted by Gasteiger charge is -2.11. The van der Waals surface area contributed by atoms with Gasteiger partial charge in [0.2, 0.25) is 0 Å². The van der Waals surface area contributed by atoms with Crippen molar-refractivity contribution in [3.63, 3.8) is 0 Å². The van der Waals surface area contributed by atoms with E-state index in [1.54, 1.807) is 18.2 Å². The predicted octanol–water partition coefficient (Wildman–Crippen LogP) is 5.31. The molecule has 2 aromatic carbocycles. The van der Waals surface area contributed by atoms with Crippen LogP contribution in [0.15, 0.2) is 53.8 Å². The number of benzene rings is 2. The zero-order valence-corrected chi connectivity index (χ0v) is 14.9. The molecule has 1 N–H and O–H groups in total. The van der Waals surface area contributed by atoms with Crippen LogP contribution in [0.25, 0.3) is 5.69 Å². The number of hydrogen-bond acceptors (Lipinski definition) is 3. The lowest BCUT2D eigenvalue weighted by atomic mass is 10.2. The van der Waals surface area contributed by atoms with Crippen molar-refractivity contribution >= 4 is 40.9 Å². The second kappa shape index (κ2) is 7.47. The Balaban J connectivity index is 1.97. The molecular formula is C17H11Cl2FN2O2S. The van der Waals surface area contributed by atoms with Crippen LogP contribution in [0.4, 0.5) is 4.39 Å². The lowest BCUT2D eigenvalue weighted by Crippen LogP contribution is -2.07. The minimum Gasteiger partial charge on any atom is -0.477 e. The third-order valence-electron chi connectivity index (χ3n) is 3.44. The van der Waals surface area contributed by atoms with Crippen molar-refractivity contribution in [2.45, 2.75) is 10.9 Å². The lowest BCUT2D eigenvalue weighted by molar-refractivity contribution is 0.0687. The monoisotopic (exact) mass is 396 g/mol. The van der Waals surface area contributed by atoms with Crippen molar-refractivity contribution in [1.82, 2.24) is 9.55 Å². The Hall–Kier alpha value is -2.02. The molecule has 3 aromatic rings. The highest BCUT2D eigenvalue weighted by atomic mass is 35.5. The first-order valence-electron chi connectivity index (χ1n) is 7.10. The number of hydrogen-bond donors (Lipinski definition) is 1. The van der Waals surface area contributed by atoms with E-state index in [4.69, 9.17) is 23.2 Å². The molecule has 0 unspecified atom stereocenters. The number of nitrogens with zero attached hydrogens (tertiary/aromatic N) is 2. The molecule has 3 rings (SSSR count). The summed E-state index contributed by atoms with van der Waals surface area (Å²) in [7, 11) is 0. The average Bonchev–Trinajstić information content (AvgIpc) is 2.99. The van der Waals surface area contributed by atoms with Crippen LogP contribution < -0.4 is 0 Å². The van der Waals surface area contributed by atoms with E-state index in [2.05, 4.69) is 4.98 Å². The van der Waals surface area contributed by atoms with Crippen LogP contribution in [0.1, 0.15) is 16.1 Å². The highest BCUT2D eigenvalue weighted by Crippen LogP contribution is 2.32. The summed E-state index contributed by atoms with van der Waals surface area (Å²) in [5.41, 5.74) is 1.23. The summed E-state index contributed by atoms with van der Waals surface area (Å²) in [5, 5.41) is 10.9. The summed E-state index contributed by atoms with van der Waals surface area (Å²) < 4.78 is 14.6. The van der Waals surface area contributed by atoms with Crippen molar-refractivity contribution in [1.29, 1.82) is 0 Å². The molecule has 0 bridgehead atoms. The molecule has 4 nitrogen and oxygen atoms in total. The molecule has 0 radical (unpaired) electrons. The second-order valence-corrected chi connectivity index (χ2v) is 6.79. The molecule has 0 fully saturated rings. The van der Waals surface area contributed by atoms with Crippen molar-refractivity contribution < 1.29 is 14.3 Å². The molecule has 0 spiro atoms. The van der Waals surface area contributed by atoms with E-state index >= 15 is 0 Å². The summed E-state index contributed by atoms with van der Waals surface area (Å²) in [4.78, 5) is 15.6. The topological polar surface area (TPSA) is 55.1 Å². The van der Waals surface area contributed by atoms with Crippen molar-refractivity contribution in [3.05, 3.63) is 75.8 Å². The van der Waals surface area contributed by atoms with Gasteiger partial charge in [0.25, 0.3) is 0 Å². The molecule has 1 heterocycles. The molecule has 0 aliphatic heterocycles.